The lowest BCUT2D eigenvalue weighted by Gasteiger charge is -1.93. The van der Waals surface area contributed by atoms with Crippen LogP contribution in [0.1, 0.15) is 5.56 Å². The average Bonchev–Trinajstić information content (AvgIpc) is 2.66. The highest BCUT2D eigenvalue weighted by Crippen LogP contribution is 2.27. The van der Waals surface area contributed by atoms with Crippen molar-refractivity contribution in [3.05, 3.63) is 23.2 Å². The molecule has 7 heteroatoms. The monoisotopic (exact) mass is 245 g/mol. The molecule has 2 aromatic rings. The first-order valence-electron chi connectivity index (χ1n) is 4.00. The number of aliphatic carboxylic acids is 1. The predicted octanol–water partition coefficient (Wildman–Crippen LogP) is 1.31. The second-order valence-corrected chi connectivity index (χ2v) is 4.69. The predicted molar refractivity (Wildman–Crippen MR) is 57.3 cm³/mol. The van der Waals surface area contributed by atoms with Crippen molar-refractivity contribution in [1.82, 2.24) is 3.97 Å². The summed E-state index contributed by atoms with van der Waals surface area (Å²) in [7, 11) is 0. The Morgan fingerprint density at radius 1 is 1.60 bits per heavy atom. The van der Waals surface area contributed by atoms with Gasteiger partial charge in [-0.2, -0.15) is 0 Å². The number of aromatic nitrogens is 1. The van der Waals surface area contributed by atoms with Crippen molar-refractivity contribution in [2.75, 3.05) is 0 Å². The largest absolute Gasteiger partial charge is 0.481 e. The SMILES string of the molecule is O=C(O)Cc1cn(S(=O)O)c2ccsc12. The molecule has 2 rings (SSSR count). The summed E-state index contributed by atoms with van der Waals surface area (Å²) in [6.07, 6.45) is 1.27. The molecule has 0 aromatic carbocycles. The topological polar surface area (TPSA) is 79.5 Å². The quantitative estimate of drug-likeness (QED) is 0.799. The highest BCUT2D eigenvalue weighted by molar-refractivity contribution is 7.77. The van der Waals surface area contributed by atoms with E-state index in [1.165, 1.54) is 17.5 Å². The van der Waals surface area contributed by atoms with E-state index in [1.54, 1.807) is 11.4 Å². The molecule has 0 saturated carbocycles. The molecule has 0 spiro atoms. The Balaban J connectivity index is 2.60. The van der Waals surface area contributed by atoms with Crippen molar-refractivity contribution in [3.63, 3.8) is 0 Å². The molecule has 5 nitrogen and oxygen atoms in total. The summed E-state index contributed by atoms with van der Waals surface area (Å²) in [5.41, 5.74) is 1.16. The van der Waals surface area contributed by atoms with Crippen LogP contribution in [0.25, 0.3) is 10.2 Å². The zero-order valence-corrected chi connectivity index (χ0v) is 9.05. The fourth-order valence-electron chi connectivity index (χ4n) is 1.40. The van der Waals surface area contributed by atoms with Crippen LogP contribution in [-0.2, 0) is 22.5 Å². The lowest BCUT2D eigenvalue weighted by Crippen LogP contribution is -2.01. The second kappa shape index (κ2) is 3.76. The van der Waals surface area contributed by atoms with Gasteiger partial charge in [-0.1, -0.05) is 0 Å². The van der Waals surface area contributed by atoms with E-state index in [-0.39, 0.29) is 6.42 Å². The second-order valence-electron chi connectivity index (χ2n) is 2.92. The Kier molecular flexibility index (Phi) is 2.59. The Bertz CT molecular complexity index is 542. The van der Waals surface area contributed by atoms with Gasteiger partial charge in [0.05, 0.1) is 16.6 Å². The van der Waals surface area contributed by atoms with E-state index >= 15 is 0 Å². The molecule has 2 N–H and O–H groups in total. The van der Waals surface area contributed by atoms with Crippen LogP contribution < -0.4 is 0 Å². The first kappa shape index (κ1) is 10.3. The maximum atomic E-state index is 10.9. The van der Waals surface area contributed by atoms with Crippen molar-refractivity contribution in [1.29, 1.82) is 0 Å². The number of thiophene rings is 1. The van der Waals surface area contributed by atoms with Crippen molar-refractivity contribution in [2.45, 2.75) is 6.42 Å². The van der Waals surface area contributed by atoms with Gasteiger partial charge in [0.1, 0.15) is 0 Å². The number of hydrogen-bond donors (Lipinski definition) is 2. The van der Waals surface area contributed by atoms with E-state index in [1.807, 2.05) is 0 Å². The third-order valence-corrected chi connectivity index (χ3v) is 3.57. The normalized spacial score (nSPS) is 13.1. The van der Waals surface area contributed by atoms with Crippen LogP contribution in [0.15, 0.2) is 17.6 Å². The Hall–Kier alpha value is -1.18. The lowest BCUT2D eigenvalue weighted by molar-refractivity contribution is -0.136. The number of carboxylic acids is 1. The molecule has 2 heterocycles. The van der Waals surface area contributed by atoms with Crippen LogP contribution in [0.2, 0.25) is 0 Å². The van der Waals surface area contributed by atoms with E-state index in [4.69, 9.17) is 9.66 Å². The number of nitrogens with zero attached hydrogens (tertiary/aromatic N) is 1. The first-order valence-corrected chi connectivity index (χ1v) is 5.94. The summed E-state index contributed by atoms with van der Waals surface area (Å²) < 4.78 is 21.8. The molecule has 0 radical (unpaired) electrons. The van der Waals surface area contributed by atoms with E-state index in [0.717, 1.165) is 8.67 Å². The van der Waals surface area contributed by atoms with Crippen LogP contribution in [0, 0.1) is 0 Å². The van der Waals surface area contributed by atoms with Gasteiger partial charge in [-0.25, -0.2) is 8.18 Å². The summed E-state index contributed by atoms with van der Waals surface area (Å²) in [5.74, 6) is -0.953. The molecule has 0 bridgehead atoms. The smallest absolute Gasteiger partial charge is 0.307 e. The van der Waals surface area contributed by atoms with Crippen molar-refractivity contribution in [2.24, 2.45) is 0 Å². The van der Waals surface area contributed by atoms with Gasteiger partial charge in [0.25, 0.3) is 11.3 Å². The highest BCUT2D eigenvalue weighted by Gasteiger charge is 2.14. The van der Waals surface area contributed by atoms with Crippen molar-refractivity contribution >= 4 is 38.8 Å². The molecule has 0 aliphatic heterocycles. The Labute approximate surface area is 91.4 Å². The van der Waals surface area contributed by atoms with Crippen LogP contribution >= 0.6 is 11.3 Å². The number of carbonyl (C=O) groups is 1. The van der Waals surface area contributed by atoms with Gasteiger partial charge in [-0.3, -0.25) is 9.35 Å². The number of fused-ring (bicyclic) bond motifs is 1. The van der Waals surface area contributed by atoms with Gasteiger partial charge in [-0.05, 0) is 17.0 Å². The summed E-state index contributed by atoms with van der Waals surface area (Å²) in [5, 5.41) is 10.4. The molecule has 0 amide bonds. The first-order chi connectivity index (χ1) is 7.09. The molecular formula is C8H7NO4S2. The zero-order valence-electron chi connectivity index (χ0n) is 7.41. The minimum atomic E-state index is -2.15. The molecule has 1 unspecified atom stereocenters. The van der Waals surface area contributed by atoms with Crippen molar-refractivity contribution in [3.8, 4) is 0 Å². The van der Waals surface area contributed by atoms with E-state index < -0.39 is 17.2 Å². The molecule has 0 fully saturated rings. The number of rotatable bonds is 3. The lowest BCUT2D eigenvalue weighted by atomic mass is 10.2. The average molecular weight is 245 g/mol. The summed E-state index contributed by atoms with van der Waals surface area (Å²) in [6, 6.07) is 1.69. The van der Waals surface area contributed by atoms with E-state index in [2.05, 4.69) is 0 Å². The van der Waals surface area contributed by atoms with Gasteiger partial charge in [-0.15, -0.1) is 11.3 Å². The number of carboxylic acid groups (broad SMARTS) is 1. The van der Waals surface area contributed by atoms with Gasteiger partial charge in [0, 0.05) is 6.20 Å². The van der Waals surface area contributed by atoms with E-state index in [0.29, 0.717) is 11.1 Å². The van der Waals surface area contributed by atoms with Gasteiger partial charge in [0.15, 0.2) is 0 Å². The molecule has 0 saturated heterocycles. The summed E-state index contributed by atoms with van der Waals surface area (Å²) in [4.78, 5) is 10.6. The molecule has 80 valence electrons. The summed E-state index contributed by atoms with van der Waals surface area (Å²) >= 11 is -0.781. The standard InChI is InChI=1S/C8H7NO4S2/c10-7(11)3-5-4-9(15(12)13)6-1-2-14-8(5)6/h1-2,4H,3H2,(H,10,11)(H,12,13). The van der Waals surface area contributed by atoms with Gasteiger partial charge in [0.2, 0.25) is 0 Å². The third kappa shape index (κ3) is 1.81. The van der Waals surface area contributed by atoms with Crippen molar-refractivity contribution < 1.29 is 18.7 Å². The minimum absolute atomic E-state index is 0.138. The molecule has 1 atom stereocenters. The van der Waals surface area contributed by atoms with Gasteiger partial charge < -0.3 is 5.11 Å². The number of hydrogen-bond acceptors (Lipinski definition) is 3. The maximum absolute atomic E-state index is 10.9. The Morgan fingerprint density at radius 3 is 2.93 bits per heavy atom. The molecule has 0 aliphatic carbocycles. The van der Waals surface area contributed by atoms with Crippen LogP contribution in [0.5, 0.6) is 0 Å². The van der Waals surface area contributed by atoms with Gasteiger partial charge >= 0.3 is 5.97 Å². The molecule has 15 heavy (non-hydrogen) atoms. The third-order valence-electron chi connectivity index (χ3n) is 1.96. The Morgan fingerprint density at radius 2 is 2.33 bits per heavy atom. The van der Waals surface area contributed by atoms with Crippen LogP contribution in [0.4, 0.5) is 0 Å². The highest BCUT2D eigenvalue weighted by atomic mass is 32.2. The fourth-order valence-corrected chi connectivity index (χ4v) is 2.90. The maximum Gasteiger partial charge on any atom is 0.307 e. The zero-order chi connectivity index (χ0) is 11.0. The minimum Gasteiger partial charge on any atom is -0.481 e. The summed E-state index contributed by atoms with van der Waals surface area (Å²) in [6.45, 7) is 0. The molecular weight excluding hydrogens is 238 g/mol. The molecule has 2 aromatic heterocycles. The van der Waals surface area contributed by atoms with Crippen LogP contribution in [0.3, 0.4) is 0 Å². The molecule has 0 aliphatic rings. The fraction of sp³-hybridized carbons (Fsp3) is 0.125. The van der Waals surface area contributed by atoms with E-state index in [9.17, 15) is 9.00 Å². The van der Waals surface area contributed by atoms with Crippen LogP contribution in [-0.4, -0.2) is 23.8 Å².